The largest absolute Gasteiger partial charge is 0.416 e. The molecule has 1 saturated heterocycles. The maximum atomic E-state index is 13.0. The number of nitrogens with zero attached hydrogens (tertiary/aromatic N) is 1. The highest BCUT2D eigenvalue weighted by atomic mass is 35.5. The first-order valence-corrected chi connectivity index (χ1v) is 12.3. The van der Waals surface area contributed by atoms with Crippen molar-refractivity contribution in [2.45, 2.75) is 30.1 Å². The third-order valence-electron chi connectivity index (χ3n) is 5.64. The van der Waals surface area contributed by atoms with E-state index in [1.807, 2.05) is 48.5 Å². The summed E-state index contributed by atoms with van der Waals surface area (Å²) in [4.78, 5) is 2.01. The average Bonchev–Trinajstić information content (AvgIpc) is 3.20. The van der Waals surface area contributed by atoms with Gasteiger partial charge >= 0.3 is 6.18 Å². The summed E-state index contributed by atoms with van der Waals surface area (Å²) >= 11 is 6.27. The SMILES string of the molecule is OS(O)(NC1CCN(Cc2ccc(-c3ccccc3Cl)cc2)C1)c1cccc(C(F)(F)F)c1. The Balaban J connectivity index is 1.36. The Morgan fingerprint density at radius 3 is 2.42 bits per heavy atom. The second kappa shape index (κ2) is 9.66. The highest BCUT2D eigenvalue weighted by Gasteiger charge is 2.33. The molecule has 1 fully saturated rings. The quantitative estimate of drug-likeness (QED) is 0.347. The molecule has 3 aromatic rings. The van der Waals surface area contributed by atoms with Crippen molar-refractivity contribution in [2.75, 3.05) is 13.1 Å². The predicted octanol–water partition coefficient (Wildman–Crippen LogP) is 6.91. The minimum Gasteiger partial charge on any atom is -0.297 e. The smallest absolute Gasteiger partial charge is 0.297 e. The van der Waals surface area contributed by atoms with Gasteiger partial charge in [-0.15, -0.1) is 10.8 Å². The number of halogens is 4. The number of nitrogens with one attached hydrogen (secondary N) is 1. The summed E-state index contributed by atoms with van der Waals surface area (Å²) < 4.78 is 62.7. The van der Waals surface area contributed by atoms with Crippen molar-refractivity contribution >= 4 is 22.4 Å². The summed E-state index contributed by atoms with van der Waals surface area (Å²) in [5.74, 6) is 0. The van der Waals surface area contributed by atoms with Gasteiger partial charge < -0.3 is 0 Å². The lowest BCUT2D eigenvalue weighted by Crippen LogP contribution is -2.34. The summed E-state index contributed by atoms with van der Waals surface area (Å²) in [6.07, 6.45) is -3.89. The number of hydrogen-bond donors (Lipinski definition) is 3. The molecule has 1 unspecified atom stereocenters. The van der Waals surface area contributed by atoms with Crippen LogP contribution in [0.4, 0.5) is 13.2 Å². The molecule has 1 atom stereocenters. The fraction of sp³-hybridized carbons (Fsp3) is 0.250. The monoisotopic (exact) mass is 496 g/mol. The standard InChI is InChI=1S/C24H24ClF3N2O2S/c25-23-7-2-1-6-22(23)18-10-8-17(9-11-18)15-30-13-12-20(16-30)29-33(31,32)21-5-3-4-19(14-21)24(26,27)28/h1-11,14,20,29,31-32H,12-13,15-16H2. The van der Waals surface area contributed by atoms with Gasteiger partial charge in [0.05, 0.1) is 10.5 Å². The number of hydrogen-bond acceptors (Lipinski definition) is 4. The van der Waals surface area contributed by atoms with Crippen LogP contribution in [0.25, 0.3) is 11.1 Å². The molecule has 3 N–H and O–H groups in total. The lowest BCUT2D eigenvalue weighted by atomic mass is 10.0. The van der Waals surface area contributed by atoms with Crippen LogP contribution < -0.4 is 4.72 Å². The van der Waals surface area contributed by atoms with Crippen LogP contribution in [0.3, 0.4) is 0 Å². The van der Waals surface area contributed by atoms with Crippen molar-refractivity contribution in [1.82, 2.24) is 9.62 Å². The molecule has 0 bridgehead atoms. The minimum absolute atomic E-state index is 0.161. The van der Waals surface area contributed by atoms with E-state index in [4.69, 9.17) is 11.6 Å². The van der Waals surface area contributed by atoms with E-state index in [0.717, 1.165) is 35.4 Å². The molecule has 4 nitrogen and oxygen atoms in total. The molecule has 0 spiro atoms. The molecule has 4 rings (SSSR count). The third kappa shape index (κ3) is 5.90. The Morgan fingerprint density at radius 2 is 1.73 bits per heavy atom. The van der Waals surface area contributed by atoms with E-state index in [-0.39, 0.29) is 10.9 Å². The molecule has 0 aromatic heterocycles. The summed E-state index contributed by atoms with van der Waals surface area (Å²) in [5.41, 5.74) is 2.20. The van der Waals surface area contributed by atoms with Gasteiger partial charge in [0.15, 0.2) is 0 Å². The van der Waals surface area contributed by atoms with Crippen molar-refractivity contribution in [3.63, 3.8) is 0 Å². The first kappa shape index (κ1) is 24.1. The fourth-order valence-electron chi connectivity index (χ4n) is 3.97. The van der Waals surface area contributed by atoms with Crippen molar-refractivity contribution < 1.29 is 22.3 Å². The molecule has 1 heterocycles. The molecular formula is C24H24ClF3N2O2S. The van der Waals surface area contributed by atoms with Crippen LogP contribution >= 0.6 is 22.4 Å². The molecule has 33 heavy (non-hydrogen) atoms. The van der Waals surface area contributed by atoms with Crippen molar-refractivity contribution in [1.29, 1.82) is 0 Å². The van der Waals surface area contributed by atoms with Gasteiger partial charge in [-0.2, -0.15) is 13.2 Å². The first-order chi connectivity index (χ1) is 15.6. The van der Waals surface area contributed by atoms with E-state index in [0.29, 0.717) is 24.5 Å². The highest BCUT2D eigenvalue weighted by Crippen LogP contribution is 2.46. The molecule has 0 radical (unpaired) electrons. The molecule has 1 aliphatic rings. The summed E-state index contributed by atoms with van der Waals surface area (Å²) in [6, 6.07) is 19.7. The Morgan fingerprint density at radius 1 is 1.00 bits per heavy atom. The van der Waals surface area contributed by atoms with Crippen molar-refractivity contribution in [2.24, 2.45) is 0 Å². The van der Waals surface area contributed by atoms with Gasteiger partial charge in [0, 0.05) is 36.3 Å². The van der Waals surface area contributed by atoms with Crippen LogP contribution in [0.5, 0.6) is 0 Å². The average molecular weight is 497 g/mol. The van der Waals surface area contributed by atoms with Gasteiger partial charge in [0.25, 0.3) is 0 Å². The zero-order chi connectivity index (χ0) is 23.6. The zero-order valence-corrected chi connectivity index (χ0v) is 19.2. The normalized spacial score (nSPS) is 17.9. The van der Waals surface area contributed by atoms with Crippen LogP contribution in [0, 0.1) is 0 Å². The Labute approximate surface area is 197 Å². The molecule has 3 aromatic carbocycles. The molecule has 0 aliphatic carbocycles. The van der Waals surface area contributed by atoms with E-state index in [9.17, 15) is 22.3 Å². The lowest BCUT2D eigenvalue weighted by Gasteiger charge is -2.36. The summed E-state index contributed by atoms with van der Waals surface area (Å²) in [7, 11) is -3.55. The van der Waals surface area contributed by atoms with E-state index >= 15 is 0 Å². The lowest BCUT2D eigenvalue weighted by molar-refractivity contribution is -0.137. The number of rotatable bonds is 6. The van der Waals surface area contributed by atoms with Gasteiger partial charge in [-0.1, -0.05) is 60.1 Å². The van der Waals surface area contributed by atoms with Crippen LogP contribution in [0.2, 0.25) is 5.02 Å². The van der Waals surface area contributed by atoms with Crippen molar-refractivity contribution in [3.8, 4) is 11.1 Å². The van der Waals surface area contributed by atoms with Gasteiger partial charge in [0.2, 0.25) is 0 Å². The predicted molar refractivity (Wildman–Crippen MR) is 126 cm³/mol. The molecule has 1 aliphatic heterocycles. The number of alkyl halides is 3. The topological polar surface area (TPSA) is 55.7 Å². The van der Waals surface area contributed by atoms with Gasteiger partial charge in [-0.25, -0.2) is 4.72 Å². The Hall–Kier alpha value is -2.07. The maximum absolute atomic E-state index is 13.0. The molecule has 176 valence electrons. The van der Waals surface area contributed by atoms with Crippen molar-refractivity contribution in [3.05, 3.63) is 88.9 Å². The molecule has 9 heteroatoms. The van der Waals surface area contributed by atoms with E-state index in [1.165, 1.54) is 12.1 Å². The summed E-state index contributed by atoms with van der Waals surface area (Å²) in [5, 5.41) is 0.693. The van der Waals surface area contributed by atoms with E-state index in [1.54, 1.807) is 0 Å². The van der Waals surface area contributed by atoms with Crippen LogP contribution in [0.1, 0.15) is 17.5 Å². The summed E-state index contributed by atoms with van der Waals surface area (Å²) in [6.45, 7) is 1.98. The Kier molecular flexibility index (Phi) is 7.04. The second-order valence-electron chi connectivity index (χ2n) is 8.09. The van der Waals surface area contributed by atoms with Gasteiger partial charge in [-0.3, -0.25) is 14.0 Å². The van der Waals surface area contributed by atoms with Crippen LogP contribution in [-0.4, -0.2) is 33.1 Å². The third-order valence-corrected chi connectivity index (χ3v) is 7.54. The second-order valence-corrected chi connectivity index (χ2v) is 10.3. The minimum atomic E-state index is -4.54. The van der Waals surface area contributed by atoms with Crippen LogP contribution in [0.15, 0.2) is 77.7 Å². The molecule has 0 amide bonds. The Bertz CT molecular complexity index is 1110. The molecule has 0 saturated carbocycles. The number of likely N-dealkylation sites (tertiary alicyclic amines) is 1. The van der Waals surface area contributed by atoms with E-state index in [2.05, 4.69) is 9.62 Å². The van der Waals surface area contributed by atoms with Crippen LogP contribution in [-0.2, 0) is 12.7 Å². The maximum Gasteiger partial charge on any atom is 0.416 e. The zero-order valence-electron chi connectivity index (χ0n) is 17.6. The van der Waals surface area contributed by atoms with Gasteiger partial charge in [-0.05, 0) is 41.8 Å². The highest BCUT2D eigenvalue weighted by molar-refractivity contribution is 8.22. The molecular weight excluding hydrogens is 473 g/mol. The number of benzene rings is 3. The van der Waals surface area contributed by atoms with Gasteiger partial charge in [0.1, 0.15) is 0 Å². The fourth-order valence-corrected chi connectivity index (χ4v) is 5.56. The first-order valence-electron chi connectivity index (χ1n) is 10.4. The van der Waals surface area contributed by atoms with E-state index < -0.39 is 22.5 Å².